The van der Waals surface area contributed by atoms with E-state index in [1.54, 1.807) is 0 Å². The summed E-state index contributed by atoms with van der Waals surface area (Å²) in [6.45, 7) is 0. The Morgan fingerprint density at radius 1 is 0.422 bits per heavy atom. The van der Waals surface area contributed by atoms with Crippen molar-refractivity contribution in [1.82, 2.24) is 19.5 Å². The Morgan fingerprint density at radius 3 is 1.44 bits per heavy atom. The minimum Gasteiger partial charge on any atom is -0.278 e. The van der Waals surface area contributed by atoms with Gasteiger partial charge in [0.15, 0.2) is 11.6 Å². The molecule has 0 N–H and O–H groups in total. The van der Waals surface area contributed by atoms with E-state index in [1.165, 1.54) is 32.3 Å². The van der Waals surface area contributed by atoms with E-state index in [4.69, 9.17) is 15.0 Å². The van der Waals surface area contributed by atoms with Gasteiger partial charge in [-0.2, -0.15) is 15.2 Å². The molecule has 0 spiro atoms. The highest BCUT2D eigenvalue weighted by Gasteiger charge is 2.22. The second kappa shape index (κ2) is 9.84. The molecular weight excluding hydrogens is 550 g/mol. The van der Waals surface area contributed by atoms with Gasteiger partial charge >= 0.3 is 0 Å². The Balaban J connectivity index is 1.29. The van der Waals surface area contributed by atoms with Crippen LogP contribution >= 0.6 is 0 Å². The van der Waals surface area contributed by atoms with Crippen LogP contribution in [0.5, 0.6) is 0 Å². The standard InChI is InChI=1S/C40H23N5/c41-24-25-16-18-26(19-17-25)27-20-22-29(23-21-27)39-42-38(28-8-2-1-3-9-28)43-40(44-39)45-34-14-6-12-32-30-10-4-5-11-31(30)33-13-7-15-35(45)37(33)36(32)34/h1-23H. The fourth-order valence-electron chi connectivity index (χ4n) is 6.58. The fraction of sp³-hybridized carbons (Fsp3) is 0. The molecule has 2 aromatic heterocycles. The summed E-state index contributed by atoms with van der Waals surface area (Å²) < 4.78 is 2.19. The topological polar surface area (TPSA) is 67.4 Å². The molecule has 208 valence electrons. The van der Waals surface area contributed by atoms with Crippen LogP contribution in [-0.2, 0) is 0 Å². The van der Waals surface area contributed by atoms with Gasteiger partial charge in [-0.1, -0.05) is 115 Å². The lowest BCUT2D eigenvalue weighted by molar-refractivity contribution is 0.954. The van der Waals surface area contributed by atoms with Gasteiger partial charge < -0.3 is 0 Å². The quantitative estimate of drug-likeness (QED) is 0.197. The van der Waals surface area contributed by atoms with E-state index in [1.807, 2.05) is 66.7 Å². The molecule has 0 saturated heterocycles. The van der Waals surface area contributed by atoms with Crippen molar-refractivity contribution in [2.45, 2.75) is 0 Å². The largest absolute Gasteiger partial charge is 0.278 e. The summed E-state index contributed by atoms with van der Waals surface area (Å²) in [5.74, 6) is 1.80. The summed E-state index contributed by atoms with van der Waals surface area (Å²) in [5.41, 5.74) is 6.70. The first-order chi connectivity index (χ1) is 22.3. The monoisotopic (exact) mass is 573 g/mol. The summed E-state index contributed by atoms with van der Waals surface area (Å²) in [4.78, 5) is 15.2. The van der Waals surface area contributed by atoms with E-state index >= 15 is 0 Å². The van der Waals surface area contributed by atoms with Crippen molar-refractivity contribution in [3.8, 4) is 45.9 Å². The molecule has 0 aliphatic carbocycles. The van der Waals surface area contributed by atoms with E-state index in [-0.39, 0.29) is 0 Å². The van der Waals surface area contributed by atoms with Gasteiger partial charge in [0.05, 0.1) is 22.7 Å². The zero-order chi connectivity index (χ0) is 29.9. The van der Waals surface area contributed by atoms with Crippen LogP contribution in [0, 0.1) is 11.3 Å². The Bertz CT molecular complexity index is 2490. The number of aromatic nitrogens is 4. The lowest BCUT2D eigenvalue weighted by Crippen LogP contribution is -2.06. The highest BCUT2D eigenvalue weighted by Crippen LogP contribution is 2.43. The minimum atomic E-state index is 0.579. The van der Waals surface area contributed by atoms with Crippen molar-refractivity contribution in [2.75, 3.05) is 0 Å². The third kappa shape index (κ3) is 3.90. The maximum atomic E-state index is 9.17. The van der Waals surface area contributed by atoms with Crippen molar-refractivity contribution in [1.29, 1.82) is 5.26 Å². The first-order valence-corrected chi connectivity index (χ1v) is 14.9. The Kier molecular flexibility index (Phi) is 5.50. The number of hydrogen-bond donors (Lipinski definition) is 0. The van der Waals surface area contributed by atoms with Gasteiger partial charge in [0.25, 0.3) is 0 Å². The maximum Gasteiger partial charge on any atom is 0.238 e. The zero-order valence-corrected chi connectivity index (χ0v) is 24.0. The first kappa shape index (κ1) is 25.1. The van der Waals surface area contributed by atoms with Crippen LogP contribution in [0.15, 0.2) is 140 Å². The predicted octanol–water partition coefficient (Wildman–Crippen LogP) is 9.59. The van der Waals surface area contributed by atoms with E-state index < -0.39 is 0 Å². The molecule has 7 aromatic carbocycles. The lowest BCUT2D eigenvalue weighted by Gasteiger charge is -2.11. The average Bonchev–Trinajstić information content (AvgIpc) is 3.47. The average molecular weight is 574 g/mol. The Hall–Kier alpha value is -6.38. The van der Waals surface area contributed by atoms with E-state index in [0.29, 0.717) is 23.2 Å². The molecule has 5 nitrogen and oxygen atoms in total. The maximum absolute atomic E-state index is 9.17. The molecule has 0 fully saturated rings. The molecule has 2 heterocycles. The van der Waals surface area contributed by atoms with Gasteiger partial charge in [-0.15, -0.1) is 0 Å². The number of rotatable bonds is 4. The van der Waals surface area contributed by atoms with Crippen molar-refractivity contribution in [3.05, 3.63) is 145 Å². The number of nitriles is 1. The second-order valence-corrected chi connectivity index (χ2v) is 11.2. The van der Waals surface area contributed by atoms with Gasteiger partial charge in [0, 0.05) is 21.9 Å². The minimum absolute atomic E-state index is 0.579. The predicted molar refractivity (Wildman–Crippen MR) is 181 cm³/mol. The number of fused-ring (bicyclic) bond motifs is 3. The highest BCUT2D eigenvalue weighted by atomic mass is 15.2. The van der Waals surface area contributed by atoms with Gasteiger partial charge in [-0.05, 0) is 56.9 Å². The SMILES string of the molecule is N#Cc1ccc(-c2ccc(-c3nc(-c4ccccc4)nc(-n4c5cccc6c7ccccc7c7cccc4c7c65)n3)cc2)cc1. The van der Waals surface area contributed by atoms with Crippen LogP contribution in [0.1, 0.15) is 5.56 Å². The molecule has 0 aliphatic rings. The summed E-state index contributed by atoms with van der Waals surface area (Å²) in [7, 11) is 0. The number of hydrogen-bond acceptors (Lipinski definition) is 4. The van der Waals surface area contributed by atoms with Gasteiger partial charge in [0.2, 0.25) is 5.95 Å². The summed E-state index contributed by atoms with van der Waals surface area (Å²) in [6, 6.07) is 49.7. The lowest BCUT2D eigenvalue weighted by atomic mass is 9.95. The zero-order valence-electron chi connectivity index (χ0n) is 24.0. The Morgan fingerprint density at radius 2 is 0.889 bits per heavy atom. The van der Waals surface area contributed by atoms with Crippen molar-refractivity contribution < 1.29 is 0 Å². The fourth-order valence-corrected chi connectivity index (χ4v) is 6.58. The molecule has 0 bridgehead atoms. The summed E-state index contributed by atoms with van der Waals surface area (Å²) in [6.07, 6.45) is 0. The van der Waals surface area contributed by atoms with Gasteiger partial charge in [-0.3, -0.25) is 4.57 Å². The second-order valence-electron chi connectivity index (χ2n) is 11.2. The van der Waals surface area contributed by atoms with Gasteiger partial charge in [0.1, 0.15) is 0 Å². The molecule has 45 heavy (non-hydrogen) atoms. The van der Waals surface area contributed by atoms with Crippen molar-refractivity contribution >= 4 is 43.4 Å². The molecule has 0 aliphatic heterocycles. The molecule has 9 rings (SSSR count). The van der Waals surface area contributed by atoms with E-state index in [0.717, 1.165) is 33.3 Å². The molecule has 0 unspecified atom stereocenters. The Labute approximate surface area is 258 Å². The highest BCUT2D eigenvalue weighted by molar-refractivity contribution is 6.34. The molecule has 5 heteroatoms. The summed E-state index contributed by atoms with van der Waals surface area (Å²) >= 11 is 0. The molecule has 0 radical (unpaired) electrons. The molecular formula is C40H23N5. The third-order valence-electron chi connectivity index (χ3n) is 8.67. The number of nitrogens with zero attached hydrogens (tertiary/aromatic N) is 5. The number of benzene rings is 7. The van der Waals surface area contributed by atoms with Crippen LogP contribution in [0.3, 0.4) is 0 Å². The van der Waals surface area contributed by atoms with Crippen molar-refractivity contribution in [2.24, 2.45) is 0 Å². The van der Waals surface area contributed by atoms with Crippen LogP contribution in [0.2, 0.25) is 0 Å². The van der Waals surface area contributed by atoms with E-state index in [9.17, 15) is 5.26 Å². The smallest absolute Gasteiger partial charge is 0.238 e. The summed E-state index contributed by atoms with van der Waals surface area (Å²) in [5, 5.41) is 16.5. The van der Waals surface area contributed by atoms with Gasteiger partial charge in [-0.25, -0.2) is 4.98 Å². The third-order valence-corrected chi connectivity index (χ3v) is 8.67. The molecule has 0 amide bonds. The first-order valence-electron chi connectivity index (χ1n) is 14.9. The molecule has 9 aromatic rings. The van der Waals surface area contributed by atoms with Crippen LogP contribution < -0.4 is 0 Å². The van der Waals surface area contributed by atoms with Crippen LogP contribution in [0.4, 0.5) is 0 Å². The van der Waals surface area contributed by atoms with E-state index in [2.05, 4.69) is 83.4 Å². The van der Waals surface area contributed by atoms with Crippen molar-refractivity contribution in [3.63, 3.8) is 0 Å². The molecule has 0 saturated carbocycles. The normalized spacial score (nSPS) is 11.5. The van der Waals surface area contributed by atoms with Crippen LogP contribution in [0.25, 0.3) is 83.2 Å². The van der Waals surface area contributed by atoms with Crippen LogP contribution in [-0.4, -0.2) is 19.5 Å². The molecule has 0 atom stereocenters.